The SMILES string of the molecule is CC1=C(C)C2C(=O)NC(=O)C2(C)C=C1. The van der Waals surface area contributed by atoms with Crippen molar-refractivity contribution in [2.45, 2.75) is 20.8 Å². The first-order chi connectivity index (χ1) is 6.47. The summed E-state index contributed by atoms with van der Waals surface area (Å²) >= 11 is 0. The smallest absolute Gasteiger partial charge is 0.237 e. The Hall–Kier alpha value is -1.38. The second-order valence-electron chi connectivity index (χ2n) is 4.23. The molecule has 0 bridgehead atoms. The van der Waals surface area contributed by atoms with Crippen LogP contribution >= 0.6 is 0 Å². The van der Waals surface area contributed by atoms with E-state index in [0.717, 1.165) is 11.1 Å². The van der Waals surface area contributed by atoms with Crippen LogP contribution in [0.1, 0.15) is 20.8 Å². The molecule has 2 unspecified atom stereocenters. The highest BCUT2D eigenvalue weighted by Crippen LogP contribution is 2.43. The van der Waals surface area contributed by atoms with Crippen molar-refractivity contribution in [3.8, 4) is 0 Å². The number of fused-ring (bicyclic) bond motifs is 1. The Morgan fingerprint density at radius 3 is 2.64 bits per heavy atom. The number of carbonyl (C=O) groups excluding carboxylic acids is 2. The van der Waals surface area contributed by atoms with Gasteiger partial charge < -0.3 is 0 Å². The molecular weight excluding hydrogens is 178 g/mol. The molecule has 1 N–H and O–H groups in total. The van der Waals surface area contributed by atoms with E-state index in [1.807, 2.05) is 32.9 Å². The van der Waals surface area contributed by atoms with Gasteiger partial charge in [0.2, 0.25) is 11.8 Å². The van der Waals surface area contributed by atoms with E-state index in [9.17, 15) is 9.59 Å². The van der Waals surface area contributed by atoms with Gasteiger partial charge in [-0.05, 0) is 20.8 Å². The third-order valence-corrected chi connectivity index (χ3v) is 3.32. The number of nitrogens with one attached hydrogen (secondary N) is 1. The molecule has 0 spiro atoms. The molecule has 3 heteroatoms. The maximum absolute atomic E-state index is 11.6. The Kier molecular flexibility index (Phi) is 1.68. The molecule has 1 fully saturated rings. The first-order valence-corrected chi connectivity index (χ1v) is 4.68. The van der Waals surface area contributed by atoms with Gasteiger partial charge in [0.05, 0.1) is 11.3 Å². The van der Waals surface area contributed by atoms with E-state index in [4.69, 9.17) is 0 Å². The molecule has 0 aromatic rings. The molecule has 1 heterocycles. The Morgan fingerprint density at radius 2 is 2.00 bits per heavy atom. The van der Waals surface area contributed by atoms with Crippen molar-refractivity contribution in [3.63, 3.8) is 0 Å². The Morgan fingerprint density at radius 1 is 1.36 bits per heavy atom. The van der Waals surface area contributed by atoms with Crippen LogP contribution in [-0.2, 0) is 9.59 Å². The maximum atomic E-state index is 11.6. The standard InChI is InChI=1S/C11H13NO2/c1-6-4-5-11(3)8(7(6)2)9(13)12-10(11)14/h4-5,8H,1-3H3,(H,12,13,14). The molecule has 3 nitrogen and oxygen atoms in total. The van der Waals surface area contributed by atoms with Crippen molar-refractivity contribution in [2.75, 3.05) is 0 Å². The fourth-order valence-electron chi connectivity index (χ4n) is 2.20. The lowest BCUT2D eigenvalue weighted by Crippen LogP contribution is -2.32. The summed E-state index contributed by atoms with van der Waals surface area (Å²) in [5.41, 5.74) is 1.41. The van der Waals surface area contributed by atoms with Gasteiger partial charge in [0.1, 0.15) is 0 Å². The van der Waals surface area contributed by atoms with Crippen LogP contribution < -0.4 is 5.32 Å². The topological polar surface area (TPSA) is 46.2 Å². The average molecular weight is 191 g/mol. The Bertz CT molecular complexity index is 392. The quantitative estimate of drug-likeness (QED) is 0.584. The molecule has 14 heavy (non-hydrogen) atoms. The van der Waals surface area contributed by atoms with Gasteiger partial charge in [-0.1, -0.05) is 23.3 Å². The summed E-state index contributed by atoms with van der Waals surface area (Å²) in [6, 6.07) is 0. The lowest BCUT2D eigenvalue weighted by molar-refractivity contribution is -0.126. The van der Waals surface area contributed by atoms with Gasteiger partial charge in [-0.3, -0.25) is 14.9 Å². The molecule has 0 radical (unpaired) electrons. The van der Waals surface area contributed by atoms with Crippen LogP contribution in [0.3, 0.4) is 0 Å². The highest BCUT2D eigenvalue weighted by molar-refractivity contribution is 6.10. The second kappa shape index (κ2) is 2.56. The highest BCUT2D eigenvalue weighted by atomic mass is 16.2. The van der Waals surface area contributed by atoms with Crippen molar-refractivity contribution in [3.05, 3.63) is 23.3 Å². The summed E-state index contributed by atoms with van der Waals surface area (Å²) in [4.78, 5) is 23.2. The zero-order valence-corrected chi connectivity index (χ0v) is 8.55. The van der Waals surface area contributed by atoms with E-state index in [-0.39, 0.29) is 17.7 Å². The van der Waals surface area contributed by atoms with E-state index >= 15 is 0 Å². The number of allylic oxidation sites excluding steroid dienone is 2. The molecule has 2 atom stereocenters. The van der Waals surface area contributed by atoms with Crippen molar-refractivity contribution in [1.29, 1.82) is 0 Å². The molecule has 2 aliphatic rings. The largest absolute Gasteiger partial charge is 0.295 e. The van der Waals surface area contributed by atoms with E-state index in [1.165, 1.54) is 0 Å². The first kappa shape index (κ1) is 9.19. The summed E-state index contributed by atoms with van der Waals surface area (Å²) in [7, 11) is 0. The van der Waals surface area contributed by atoms with E-state index in [0.29, 0.717) is 0 Å². The van der Waals surface area contributed by atoms with Gasteiger partial charge in [-0.15, -0.1) is 0 Å². The summed E-state index contributed by atoms with van der Waals surface area (Å²) < 4.78 is 0. The van der Waals surface area contributed by atoms with Crippen molar-refractivity contribution >= 4 is 11.8 Å². The molecule has 2 rings (SSSR count). The summed E-state index contributed by atoms with van der Waals surface area (Å²) in [6.45, 7) is 5.69. The minimum absolute atomic E-state index is 0.168. The summed E-state index contributed by atoms with van der Waals surface area (Å²) in [5.74, 6) is -0.658. The minimum Gasteiger partial charge on any atom is -0.295 e. The van der Waals surface area contributed by atoms with Crippen molar-refractivity contribution < 1.29 is 9.59 Å². The fourth-order valence-corrected chi connectivity index (χ4v) is 2.20. The van der Waals surface area contributed by atoms with Gasteiger partial charge >= 0.3 is 0 Å². The first-order valence-electron chi connectivity index (χ1n) is 4.68. The van der Waals surface area contributed by atoms with Crippen LogP contribution in [-0.4, -0.2) is 11.8 Å². The summed E-state index contributed by atoms with van der Waals surface area (Å²) in [6.07, 6.45) is 3.75. The predicted molar refractivity (Wildman–Crippen MR) is 52.3 cm³/mol. The van der Waals surface area contributed by atoms with E-state index in [1.54, 1.807) is 0 Å². The molecule has 0 saturated carbocycles. The molecule has 2 amide bonds. The minimum atomic E-state index is -0.666. The molecule has 74 valence electrons. The maximum Gasteiger partial charge on any atom is 0.237 e. The van der Waals surface area contributed by atoms with E-state index < -0.39 is 5.41 Å². The number of carbonyl (C=O) groups is 2. The van der Waals surface area contributed by atoms with Gasteiger partial charge in [0.25, 0.3) is 0 Å². The third-order valence-electron chi connectivity index (χ3n) is 3.32. The van der Waals surface area contributed by atoms with Crippen molar-refractivity contribution in [2.24, 2.45) is 11.3 Å². The molecular formula is C11H13NO2. The van der Waals surface area contributed by atoms with Crippen LogP contribution in [0.25, 0.3) is 0 Å². The Balaban J connectivity index is 2.57. The van der Waals surface area contributed by atoms with Gasteiger partial charge in [0, 0.05) is 0 Å². The number of amides is 2. The molecule has 1 aliphatic carbocycles. The van der Waals surface area contributed by atoms with E-state index in [2.05, 4.69) is 5.32 Å². The predicted octanol–water partition coefficient (Wildman–Crippen LogP) is 1.17. The van der Waals surface area contributed by atoms with Crippen LogP contribution in [0.5, 0.6) is 0 Å². The number of rotatable bonds is 0. The fraction of sp³-hybridized carbons (Fsp3) is 0.455. The molecule has 0 aromatic carbocycles. The lowest BCUT2D eigenvalue weighted by atomic mass is 9.71. The number of imide groups is 1. The normalized spacial score (nSPS) is 36.1. The highest BCUT2D eigenvalue weighted by Gasteiger charge is 2.52. The zero-order valence-electron chi connectivity index (χ0n) is 8.55. The second-order valence-corrected chi connectivity index (χ2v) is 4.23. The number of hydrogen-bond acceptors (Lipinski definition) is 2. The third kappa shape index (κ3) is 0.924. The zero-order chi connectivity index (χ0) is 10.5. The van der Waals surface area contributed by atoms with Crippen LogP contribution in [0.2, 0.25) is 0 Å². The molecule has 1 aliphatic heterocycles. The monoisotopic (exact) mass is 191 g/mol. The van der Waals surface area contributed by atoms with Crippen LogP contribution in [0, 0.1) is 11.3 Å². The van der Waals surface area contributed by atoms with Crippen LogP contribution in [0.4, 0.5) is 0 Å². The summed E-state index contributed by atoms with van der Waals surface area (Å²) in [5, 5.41) is 2.39. The number of hydrogen-bond donors (Lipinski definition) is 1. The van der Waals surface area contributed by atoms with Crippen LogP contribution in [0.15, 0.2) is 23.3 Å². The molecule has 1 saturated heterocycles. The lowest BCUT2D eigenvalue weighted by Gasteiger charge is -2.28. The Labute approximate surface area is 82.9 Å². The van der Waals surface area contributed by atoms with Gasteiger partial charge in [0.15, 0.2) is 0 Å². The molecule has 0 aromatic heterocycles. The van der Waals surface area contributed by atoms with Gasteiger partial charge in [-0.25, -0.2) is 0 Å². The van der Waals surface area contributed by atoms with Gasteiger partial charge in [-0.2, -0.15) is 0 Å². The average Bonchev–Trinajstić information content (AvgIpc) is 2.33. The van der Waals surface area contributed by atoms with Crippen molar-refractivity contribution in [1.82, 2.24) is 5.32 Å².